The molecule has 0 spiro atoms. The zero-order valence-corrected chi connectivity index (χ0v) is 16.4. The molecule has 2 atom stereocenters. The summed E-state index contributed by atoms with van der Waals surface area (Å²) >= 11 is 0. The molecule has 150 valence electrons. The quantitative estimate of drug-likeness (QED) is 0.685. The van der Waals surface area contributed by atoms with Crippen LogP contribution in [0.25, 0.3) is 0 Å². The van der Waals surface area contributed by atoms with E-state index in [1.54, 1.807) is 0 Å². The summed E-state index contributed by atoms with van der Waals surface area (Å²) in [6.45, 7) is 10.6. The normalized spacial score (nSPS) is 29.4. The smallest absolute Gasteiger partial charge is 0.232 e. The van der Waals surface area contributed by atoms with E-state index in [0.717, 1.165) is 64.6 Å². The van der Waals surface area contributed by atoms with Crippen LogP contribution in [0.4, 0.5) is 0 Å². The molecule has 0 N–H and O–H groups in total. The third kappa shape index (κ3) is 3.62. The number of rotatable bonds is 6. The number of aryl methyl sites for hydroxylation is 1. The Hall–Kier alpha value is -1.51. The van der Waals surface area contributed by atoms with Gasteiger partial charge in [0, 0.05) is 58.1 Å². The molecule has 1 aromatic heterocycles. The fraction of sp³-hybridized carbons (Fsp3) is 0.842. The van der Waals surface area contributed by atoms with Gasteiger partial charge in [0.2, 0.25) is 11.8 Å². The Labute approximate surface area is 160 Å². The number of amides is 1. The Morgan fingerprint density at radius 3 is 2.89 bits per heavy atom. The summed E-state index contributed by atoms with van der Waals surface area (Å²) in [5.74, 6) is 2.23. The number of nitrogens with zero attached hydrogens (tertiary/aromatic N) is 4. The number of hydrogen-bond donors (Lipinski definition) is 0. The van der Waals surface area contributed by atoms with E-state index in [-0.39, 0.29) is 17.2 Å². The van der Waals surface area contributed by atoms with Crippen molar-refractivity contribution in [2.24, 2.45) is 11.3 Å². The van der Waals surface area contributed by atoms with Crippen LogP contribution in [0.1, 0.15) is 37.4 Å². The van der Waals surface area contributed by atoms with Crippen LogP contribution in [0.5, 0.6) is 0 Å². The molecule has 8 heteroatoms. The van der Waals surface area contributed by atoms with E-state index in [4.69, 9.17) is 14.0 Å². The summed E-state index contributed by atoms with van der Waals surface area (Å²) in [7, 11) is 0. The van der Waals surface area contributed by atoms with E-state index in [0.29, 0.717) is 25.0 Å². The van der Waals surface area contributed by atoms with Gasteiger partial charge in [-0.15, -0.1) is 0 Å². The molecule has 4 rings (SSSR count). The van der Waals surface area contributed by atoms with Crippen LogP contribution < -0.4 is 0 Å². The van der Waals surface area contributed by atoms with Crippen molar-refractivity contribution in [3.63, 3.8) is 0 Å². The minimum Gasteiger partial charge on any atom is -0.380 e. The topological polar surface area (TPSA) is 80.9 Å². The molecule has 0 aliphatic carbocycles. The first kappa shape index (κ1) is 18.8. The van der Waals surface area contributed by atoms with Gasteiger partial charge < -0.3 is 18.9 Å². The number of ether oxygens (including phenoxy) is 2. The minimum atomic E-state index is -0.373. The molecule has 3 aliphatic rings. The average molecular weight is 378 g/mol. The molecule has 27 heavy (non-hydrogen) atoms. The Bertz CT molecular complexity index is 658. The van der Waals surface area contributed by atoms with E-state index in [1.807, 2.05) is 18.7 Å². The van der Waals surface area contributed by atoms with E-state index in [2.05, 4.69) is 15.0 Å². The molecule has 3 fully saturated rings. The zero-order valence-electron chi connectivity index (χ0n) is 16.4. The van der Waals surface area contributed by atoms with Gasteiger partial charge in [-0.1, -0.05) is 5.16 Å². The highest BCUT2D eigenvalue weighted by Gasteiger charge is 2.56. The summed E-state index contributed by atoms with van der Waals surface area (Å²) in [5.41, 5.74) is -0.373. The lowest BCUT2D eigenvalue weighted by Gasteiger charge is -2.37. The molecule has 4 heterocycles. The van der Waals surface area contributed by atoms with Crippen LogP contribution in [0.3, 0.4) is 0 Å². The molecule has 3 aliphatic heterocycles. The van der Waals surface area contributed by atoms with Crippen molar-refractivity contribution >= 4 is 5.91 Å². The van der Waals surface area contributed by atoms with E-state index in [1.165, 1.54) is 0 Å². The van der Waals surface area contributed by atoms with Crippen molar-refractivity contribution in [3.8, 4) is 0 Å². The van der Waals surface area contributed by atoms with E-state index >= 15 is 0 Å². The lowest BCUT2D eigenvalue weighted by molar-refractivity contribution is -0.144. The summed E-state index contributed by atoms with van der Waals surface area (Å²) in [4.78, 5) is 22.2. The maximum absolute atomic E-state index is 13.5. The van der Waals surface area contributed by atoms with Crippen molar-refractivity contribution < 1.29 is 18.8 Å². The van der Waals surface area contributed by atoms with Crippen molar-refractivity contribution in [2.75, 3.05) is 59.2 Å². The van der Waals surface area contributed by atoms with Gasteiger partial charge in [-0.25, -0.2) is 0 Å². The van der Waals surface area contributed by atoms with Gasteiger partial charge in [-0.3, -0.25) is 9.69 Å². The average Bonchev–Trinajstić information content (AvgIpc) is 3.36. The molecule has 8 nitrogen and oxygen atoms in total. The van der Waals surface area contributed by atoms with Gasteiger partial charge in [-0.05, 0) is 19.8 Å². The number of carbonyl (C=O) groups is 1. The number of fused-ring (bicyclic) bond motifs is 1. The Morgan fingerprint density at radius 2 is 2.19 bits per heavy atom. The second-order valence-electron chi connectivity index (χ2n) is 8.04. The molecule has 0 radical (unpaired) electrons. The molecule has 0 unspecified atom stereocenters. The van der Waals surface area contributed by atoms with Gasteiger partial charge in [-0.2, -0.15) is 4.98 Å². The van der Waals surface area contributed by atoms with Gasteiger partial charge in [0.1, 0.15) is 0 Å². The van der Waals surface area contributed by atoms with E-state index < -0.39 is 0 Å². The molecule has 0 bridgehead atoms. The highest BCUT2D eigenvalue weighted by atomic mass is 16.5. The molecule has 0 aromatic carbocycles. The van der Waals surface area contributed by atoms with Gasteiger partial charge in [0.15, 0.2) is 5.82 Å². The van der Waals surface area contributed by atoms with Gasteiger partial charge in [0.25, 0.3) is 0 Å². The third-order valence-electron chi connectivity index (χ3n) is 6.32. The Balaban J connectivity index is 1.37. The molecular formula is C19H30N4O4. The number of aromatic nitrogens is 2. The lowest BCUT2D eigenvalue weighted by Crippen LogP contribution is -2.51. The molecule has 3 saturated heterocycles. The number of hydrogen-bond acceptors (Lipinski definition) is 7. The minimum absolute atomic E-state index is 0.270. The first-order valence-corrected chi connectivity index (χ1v) is 10.1. The summed E-state index contributed by atoms with van der Waals surface area (Å²) in [5, 5.41) is 4.06. The largest absolute Gasteiger partial charge is 0.380 e. The predicted octanol–water partition coefficient (Wildman–Crippen LogP) is 1.07. The number of piperidine rings is 1. The van der Waals surface area contributed by atoms with Crippen molar-refractivity contribution in [3.05, 3.63) is 11.7 Å². The molecular weight excluding hydrogens is 348 g/mol. The molecule has 1 aromatic rings. The standard InChI is InChI=1S/C19H30N4O4/c1-3-25-9-8-22-10-16-11-26-13-19(16,12-22)18(24)23-6-4-15(5-7-23)17-20-14(2)27-21-17/h15-16H,3-13H2,1-2H3/t16-,19-/m1/s1. The van der Waals surface area contributed by atoms with Crippen LogP contribution in [-0.4, -0.2) is 85.0 Å². The summed E-state index contributed by atoms with van der Waals surface area (Å²) < 4.78 is 16.4. The summed E-state index contributed by atoms with van der Waals surface area (Å²) in [6.07, 6.45) is 1.78. The lowest BCUT2D eigenvalue weighted by atomic mass is 9.79. The number of likely N-dealkylation sites (tertiary alicyclic amines) is 2. The van der Waals surface area contributed by atoms with Gasteiger partial charge >= 0.3 is 0 Å². The Morgan fingerprint density at radius 1 is 1.37 bits per heavy atom. The number of carbonyl (C=O) groups excluding carboxylic acids is 1. The Kier molecular flexibility index (Phi) is 5.48. The first-order chi connectivity index (χ1) is 13.1. The van der Waals surface area contributed by atoms with Crippen LogP contribution in [0.15, 0.2) is 4.52 Å². The van der Waals surface area contributed by atoms with Crippen molar-refractivity contribution in [1.29, 1.82) is 0 Å². The maximum Gasteiger partial charge on any atom is 0.232 e. The fourth-order valence-corrected chi connectivity index (χ4v) is 4.79. The molecule has 0 saturated carbocycles. The summed E-state index contributed by atoms with van der Waals surface area (Å²) in [6, 6.07) is 0. The predicted molar refractivity (Wildman–Crippen MR) is 97.3 cm³/mol. The highest BCUT2D eigenvalue weighted by Crippen LogP contribution is 2.43. The first-order valence-electron chi connectivity index (χ1n) is 10.1. The van der Waals surface area contributed by atoms with Crippen LogP contribution >= 0.6 is 0 Å². The van der Waals surface area contributed by atoms with Crippen LogP contribution in [-0.2, 0) is 14.3 Å². The monoisotopic (exact) mass is 378 g/mol. The van der Waals surface area contributed by atoms with Crippen molar-refractivity contribution in [2.45, 2.75) is 32.6 Å². The van der Waals surface area contributed by atoms with Gasteiger partial charge in [0.05, 0.1) is 25.2 Å². The van der Waals surface area contributed by atoms with Crippen LogP contribution in [0, 0.1) is 18.3 Å². The zero-order chi connectivity index (χ0) is 18.9. The molecule has 1 amide bonds. The van der Waals surface area contributed by atoms with E-state index in [9.17, 15) is 4.79 Å². The second-order valence-corrected chi connectivity index (χ2v) is 8.04. The highest BCUT2D eigenvalue weighted by molar-refractivity contribution is 5.84. The van der Waals surface area contributed by atoms with Crippen LogP contribution in [0.2, 0.25) is 0 Å². The maximum atomic E-state index is 13.5. The SMILES string of the molecule is CCOCCN1C[C@@H]2COC[C@]2(C(=O)N2CCC(c3noc(C)n3)CC2)C1. The van der Waals surface area contributed by atoms with Crippen molar-refractivity contribution in [1.82, 2.24) is 19.9 Å². The third-order valence-corrected chi connectivity index (χ3v) is 6.32. The fourth-order valence-electron chi connectivity index (χ4n) is 4.79. The second kappa shape index (κ2) is 7.85.